The van der Waals surface area contributed by atoms with Crippen LogP contribution in [0.2, 0.25) is 0 Å². The highest BCUT2D eigenvalue weighted by atomic mass is 19.4. The summed E-state index contributed by atoms with van der Waals surface area (Å²) in [6, 6.07) is 1.02. The molecule has 0 radical (unpaired) electrons. The smallest absolute Gasteiger partial charge is 0.383 e. The number of rotatable bonds is 3. The number of nitrogen functional groups attached to an aromatic ring is 1. The van der Waals surface area contributed by atoms with Crippen LogP contribution < -0.4 is 5.73 Å². The number of hydrogen-bond donors (Lipinski definition) is 2. The topological polar surface area (TPSA) is 114 Å². The maximum absolute atomic E-state index is 13.7. The normalized spacial score (nSPS) is 17.6. The summed E-state index contributed by atoms with van der Waals surface area (Å²) in [5.74, 6) is -0.328. The summed E-state index contributed by atoms with van der Waals surface area (Å²) in [5.41, 5.74) is 5.94. The molecule has 3 aromatic rings. The van der Waals surface area contributed by atoms with Crippen molar-refractivity contribution in [2.24, 2.45) is 0 Å². The van der Waals surface area contributed by atoms with E-state index in [9.17, 15) is 18.0 Å². The molecule has 1 saturated heterocycles. The van der Waals surface area contributed by atoms with E-state index in [0.717, 1.165) is 6.07 Å². The fourth-order valence-corrected chi connectivity index (χ4v) is 4.10. The van der Waals surface area contributed by atoms with Gasteiger partial charge in [-0.1, -0.05) is 19.0 Å². The minimum Gasteiger partial charge on any atom is -0.383 e. The molecule has 166 valence electrons. The molecule has 3 N–H and O–H groups in total. The summed E-state index contributed by atoms with van der Waals surface area (Å²) >= 11 is 0. The Hall–Kier alpha value is -3.11. The molecule has 0 aliphatic carbocycles. The van der Waals surface area contributed by atoms with Crippen LogP contribution in [-0.2, 0) is 6.18 Å². The lowest BCUT2D eigenvalue weighted by molar-refractivity contribution is -0.136. The second-order valence-corrected chi connectivity index (χ2v) is 8.17. The molecule has 4 heterocycles. The van der Waals surface area contributed by atoms with Crippen molar-refractivity contribution in [3.8, 4) is 0 Å². The summed E-state index contributed by atoms with van der Waals surface area (Å²) in [6.45, 7) is 6.26. The molecule has 31 heavy (non-hydrogen) atoms. The largest absolute Gasteiger partial charge is 0.417 e. The van der Waals surface area contributed by atoms with Crippen LogP contribution in [0.15, 0.2) is 10.6 Å². The highest BCUT2D eigenvalue weighted by Gasteiger charge is 2.37. The van der Waals surface area contributed by atoms with E-state index in [4.69, 9.17) is 10.3 Å². The maximum Gasteiger partial charge on any atom is 0.417 e. The Balaban J connectivity index is 1.67. The first-order valence-corrected chi connectivity index (χ1v) is 10.0. The number of amides is 1. The fraction of sp³-hybridized carbons (Fsp3) is 0.500. The number of halogens is 3. The van der Waals surface area contributed by atoms with E-state index in [-0.39, 0.29) is 46.8 Å². The number of aryl methyl sites for hydroxylation is 1. The van der Waals surface area contributed by atoms with Gasteiger partial charge in [-0.2, -0.15) is 18.3 Å². The van der Waals surface area contributed by atoms with E-state index in [1.165, 1.54) is 0 Å². The van der Waals surface area contributed by atoms with Gasteiger partial charge in [0, 0.05) is 24.7 Å². The van der Waals surface area contributed by atoms with Crippen LogP contribution in [0.5, 0.6) is 0 Å². The molecule has 1 unspecified atom stereocenters. The monoisotopic (exact) mass is 436 g/mol. The van der Waals surface area contributed by atoms with Crippen molar-refractivity contribution >= 4 is 22.8 Å². The van der Waals surface area contributed by atoms with E-state index in [1.54, 1.807) is 11.8 Å². The van der Waals surface area contributed by atoms with Crippen molar-refractivity contribution in [2.75, 3.05) is 18.8 Å². The number of carbonyl (C=O) groups excluding carboxylic acids is 1. The molecular weight excluding hydrogens is 413 g/mol. The van der Waals surface area contributed by atoms with Crippen molar-refractivity contribution in [3.63, 3.8) is 0 Å². The Morgan fingerprint density at radius 2 is 2.13 bits per heavy atom. The molecular formula is C20H23F3N6O2. The average Bonchev–Trinajstić information content (AvgIpc) is 3.29. The molecule has 1 aliphatic rings. The van der Waals surface area contributed by atoms with Gasteiger partial charge < -0.3 is 15.2 Å². The van der Waals surface area contributed by atoms with Crippen LogP contribution in [0.3, 0.4) is 0 Å². The standard InChI is InChI=1S/C20H23F3N6O2/c1-9(2)16-14(10(3)31-28-16)19(30)29-6-4-5-11(8-29)13-7-12(20(21,22)23)15-17(24)26-27-18(15)25-13/h7,9,11H,4-6,8H2,1-3H3,(H3,24,25,26,27). The van der Waals surface area contributed by atoms with Gasteiger partial charge in [-0.3, -0.25) is 9.89 Å². The first-order valence-electron chi connectivity index (χ1n) is 10.0. The summed E-state index contributed by atoms with van der Waals surface area (Å²) in [5, 5.41) is 9.96. The third kappa shape index (κ3) is 3.72. The van der Waals surface area contributed by atoms with Crippen LogP contribution in [0, 0.1) is 6.92 Å². The predicted octanol–water partition coefficient (Wildman–Crippen LogP) is 4.00. The van der Waals surface area contributed by atoms with Gasteiger partial charge in [0.15, 0.2) is 5.65 Å². The van der Waals surface area contributed by atoms with Gasteiger partial charge in [-0.15, -0.1) is 0 Å². The summed E-state index contributed by atoms with van der Waals surface area (Å²) in [7, 11) is 0. The van der Waals surface area contributed by atoms with Gasteiger partial charge in [0.25, 0.3) is 5.91 Å². The van der Waals surface area contributed by atoms with Gasteiger partial charge in [-0.25, -0.2) is 4.98 Å². The van der Waals surface area contributed by atoms with E-state index in [2.05, 4.69) is 20.3 Å². The first kappa shape index (κ1) is 21.1. The fourth-order valence-electron chi connectivity index (χ4n) is 4.10. The number of aromatic amines is 1. The maximum atomic E-state index is 13.7. The first-order chi connectivity index (χ1) is 14.6. The van der Waals surface area contributed by atoms with Crippen molar-refractivity contribution < 1.29 is 22.5 Å². The number of carbonyl (C=O) groups is 1. The molecule has 0 spiro atoms. The summed E-state index contributed by atoms with van der Waals surface area (Å²) in [6.07, 6.45) is -3.36. The second-order valence-electron chi connectivity index (χ2n) is 8.17. The number of H-pyrrole nitrogens is 1. The number of nitrogens with two attached hydrogens (primary N) is 1. The SMILES string of the molecule is Cc1onc(C(C)C)c1C(=O)N1CCCC(c2cc(C(F)(F)F)c3c(N)[nH]nc3n2)C1. The van der Waals surface area contributed by atoms with Crippen LogP contribution >= 0.6 is 0 Å². The van der Waals surface area contributed by atoms with Gasteiger partial charge >= 0.3 is 6.18 Å². The number of nitrogens with zero attached hydrogens (tertiary/aromatic N) is 4. The molecule has 1 atom stereocenters. The number of likely N-dealkylation sites (tertiary alicyclic amines) is 1. The number of alkyl halides is 3. The van der Waals surface area contributed by atoms with Crippen molar-refractivity contribution in [1.82, 2.24) is 25.2 Å². The van der Waals surface area contributed by atoms with Gasteiger partial charge in [-0.05, 0) is 31.7 Å². The summed E-state index contributed by atoms with van der Waals surface area (Å²) in [4.78, 5) is 19.2. The zero-order valence-corrected chi connectivity index (χ0v) is 17.4. The number of aromatic nitrogens is 4. The van der Waals surface area contributed by atoms with Crippen LogP contribution in [0.4, 0.5) is 19.0 Å². The molecule has 0 saturated carbocycles. The van der Waals surface area contributed by atoms with E-state index in [0.29, 0.717) is 36.4 Å². The minimum absolute atomic E-state index is 0.000490. The van der Waals surface area contributed by atoms with Crippen molar-refractivity contribution in [3.05, 3.63) is 34.3 Å². The van der Waals surface area contributed by atoms with Gasteiger partial charge in [0.1, 0.15) is 17.1 Å². The lowest BCUT2D eigenvalue weighted by atomic mass is 9.92. The lowest BCUT2D eigenvalue weighted by Gasteiger charge is -2.33. The average molecular weight is 436 g/mol. The van der Waals surface area contributed by atoms with Gasteiger partial charge in [0.05, 0.1) is 16.6 Å². The van der Waals surface area contributed by atoms with E-state index >= 15 is 0 Å². The Labute approximate surface area is 176 Å². The highest BCUT2D eigenvalue weighted by Crippen LogP contribution is 2.39. The molecule has 3 aromatic heterocycles. The third-order valence-electron chi connectivity index (χ3n) is 5.65. The zero-order valence-electron chi connectivity index (χ0n) is 17.4. The Morgan fingerprint density at radius 1 is 1.39 bits per heavy atom. The second kappa shape index (κ2) is 7.54. The molecule has 1 amide bonds. The highest BCUT2D eigenvalue weighted by molar-refractivity contribution is 5.96. The van der Waals surface area contributed by atoms with Crippen LogP contribution in [0.1, 0.15) is 71.6 Å². The summed E-state index contributed by atoms with van der Waals surface area (Å²) < 4.78 is 46.2. The quantitative estimate of drug-likeness (QED) is 0.642. The molecule has 0 aromatic carbocycles. The van der Waals surface area contributed by atoms with Crippen LogP contribution in [0.25, 0.3) is 11.0 Å². The van der Waals surface area contributed by atoms with Crippen LogP contribution in [-0.4, -0.2) is 44.2 Å². The van der Waals surface area contributed by atoms with E-state index in [1.807, 2.05) is 13.8 Å². The molecule has 1 fully saturated rings. The predicted molar refractivity (Wildman–Crippen MR) is 107 cm³/mol. The molecule has 0 bridgehead atoms. The molecule has 1 aliphatic heterocycles. The van der Waals surface area contributed by atoms with Crippen molar-refractivity contribution in [1.29, 1.82) is 0 Å². The number of piperidine rings is 1. The molecule has 8 nitrogen and oxygen atoms in total. The van der Waals surface area contributed by atoms with Gasteiger partial charge in [0.2, 0.25) is 0 Å². The van der Waals surface area contributed by atoms with E-state index < -0.39 is 11.7 Å². The zero-order chi connectivity index (χ0) is 22.5. The third-order valence-corrected chi connectivity index (χ3v) is 5.65. The Kier molecular flexibility index (Phi) is 5.14. The lowest BCUT2D eigenvalue weighted by Crippen LogP contribution is -2.40. The minimum atomic E-state index is -4.61. The Morgan fingerprint density at radius 3 is 2.81 bits per heavy atom. The van der Waals surface area contributed by atoms with Crippen molar-refractivity contribution in [2.45, 2.75) is 51.6 Å². The number of hydrogen-bond acceptors (Lipinski definition) is 6. The molecule has 4 rings (SSSR count). The Bertz CT molecular complexity index is 1130. The number of anilines is 1. The number of fused-ring (bicyclic) bond motifs is 1. The number of nitrogens with one attached hydrogen (secondary N) is 1. The molecule has 11 heteroatoms. The number of pyridine rings is 1.